The molecule has 29 heavy (non-hydrogen) atoms. The molecule has 4 rings (SSSR count). The van der Waals surface area contributed by atoms with E-state index in [9.17, 15) is 4.79 Å². The summed E-state index contributed by atoms with van der Waals surface area (Å²) in [6.45, 7) is 5.92. The van der Waals surface area contributed by atoms with Crippen LogP contribution in [-0.4, -0.2) is 52.9 Å². The van der Waals surface area contributed by atoms with Crippen LogP contribution in [0, 0.1) is 5.92 Å². The molecular formula is C24H32N4O. The molecule has 154 valence electrons. The van der Waals surface area contributed by atoms with E-state index in [-0.39, 0.29) is 11.8 Å². The molecule has 2 aliphatic rings. The van der Waals surface area contributed by atoms with E-state index >= 15 is 0 Å². The van der Waals surface area contributed by atoms with Gasteiger partial charge in [-0.05, 0) is 62.5 Å². The number of carbonyl (C=O) groups excluding carboxylic acids is 1. The topological polar surface area (TPSA) is 48.5 Å². The fourth-order valence-electron chi connectivity index (χ4n) is 4.67. The molecule has 1 aromatic carbocycles. The van der Waals surface area contributed by atoms with E-state index in [4.69, 9.17) is 0 Å². The highest BCUT2D eigenvalue weighted by molar-refractivity contribution is 5.79. The van der Waals surface area contributed by atoms with Crippen molar-refractivity contribution in [1.82, 2.24) is 20.1 Å². The van der Waals surface area contributed by atoms with Gasteiger partial charge in [0.2, 0.25) is 5.91 Å². The number of amides is 1. The lowest BCUT2D eigenvalue weighted by atomic mass is 9.93. The molecule has 1 N–H and O–H groups in total. The van der Waals surface area contributed by atoms with Crippen molar-refractivity contribution < 1.29 is 4.79 Å². The van der Waals surface area contributed by atoms with Gasteiger partial charge >= 0.3 is 0 Å². The summed E-state index contributed by atoms with van der Waals surface area (Å²) >= 11 is 0. The van der Waals surface area contributed by atoms with Crippen molar-refractivity contribution in [3.05, 3.63) is 66.0 Å². The fourth-order valence-corrected chi connectivity index (χ4v) is 4.67. The molecule has 0 spiro atoms. The summed E-state index contributed by atoms with van der Waals surface area (Å²) in [4.78, 5) is 22.0. The van der Waals surface area contributed by atoms with E-state index in [2.05, 4.69) is 38.3 Å². The van der Waals surface area contributed by atoms with Crippen molar-refractivity contribution >= 4 is 5.91 Å². The van der Waals surface area contributed by atoms with Crippen LogP contribution in [-0.2, 0) is 17.9 Å². The Kier molecular flexibility index (Phi) is 6.91. The number of nitrogens with zero attached hydrogens (tertiary/aromatic N) is 3. The van der Waals surface area contributed by atoms with Crippen LogP contribution < -0.4 is 5.32 Å². The van der Waals surface area contributed by atoms with Crippen molar-refractivity contribution in [3.63, 3.8) is 0 Å². The molecule has 0 bridgehead atoms. The minimum atomic E-state index is 0.126. The smallest absolute Gasteiger partial charge is 0.224 e. The highest BCUT2D eigenvalue weighted by atomic mass is 16.1. The van der Waals surface area contributed by atoms with Crippen LogP contribution in [0.1, 0.15) is 36.8 Å². The normalized spacial score (nSPS) is 21.7. The number of aromatic nitrogens is 1. The van der Waals surface area contributed by atoms with E-state index < -0.39 is 0 Å². The minimum absolute atomic E-state index is 0.126. The number of piperidine rings is 2. The molecule has 2 aromatic rings. The first-order valence-electron chi connectivity index (χ1n) is 10.9. The van der Waals surface area contributed by atoms with Gasteiger partial charge < -0.3 is 5.32 Å². The lowest BCUT2D eigenvalue weighted by molar-refractivity contribution is -0.127. The Morgan fingerprint density at radius 1 is 1.00 bits per heavy atom. The number of pyridine rings is 1. The highest BCUT2D eigenvalue weighted by Crippen LogP contribution is 2.24. The molecule has 5 nitrogen and oxygen atoms in total. The average Bonchev–Trinajstić information content (AvgIpc) is 2.79. The zero-order valence-corrected chi connectivity index (χ0v) is 17.2. The van der Waals surface area contributed by atoms with E-state index in [0.29, 0.717) is 12.6 Å². The van der Waals surface area contributed by atoms with Crippen molar-refractivity contribution in [1.29, 1.82) is 0 Å². The summed E-state index contributed by atoms with van der Waals surface area (Å²) in [5.41, 5.74) is 2.45. The predicted molar refractivity (Wildman–Crippen MR) is 115 cm³/mol. The van der Waals surface area contributed by atoms with Crippen molar-refractivity contribution in [2.45, 2.75) is 44.8 Å². The Balaban J connectivity index is 1.23. The van der Waals surface area contributed by atoms with E-state index in [1.807, 2.05) is 36.7 Å². The highest BCUT2D eigenvalue weighted by Gasteiger charge is 2.31. The second-order valence-corrected chi connectivity index (χ2v) is 8.41. The summed E-state index contributed by atoms with van der Waals surface area (Å²) in [7, 11) is 0. The van der Waals surface area contributed by atoms with Gasteiger partial charge in [0.25, 0.3) is 0 Å². The van der Waals surface area contributed by atoms with Crippen LogP contribution in [0.25, 0.3) is 0 Å². The fraction of sp³-hybridized carbons (Fsp3) is 0.500. The molecule has 1 amide bonds. The van der Waals surface area contributed by atoms with Crippen LogP contribution in [0.15, 0.2) is 54.9 Å². The van der Waals surface area contributed by atoms with Gasteiger partial charge in [0.1, 0.15) is 0 Å². The molecule has 3 heterocycles. The predicted octanol–water partition coefficient (Wildman–Crippen LogP) is 3.07. The first kappa shape index (κ1) is 20.0. The van der Waals surface area contributed by atoms with Crippen LogP contribution in [0.2, 0.25) is 0 Å². The first-order chi connectivity index (χ1) is 14.3. The summed E-state index contributed by atoms with van der Waals surface area (Å²) in [5.74, 6) is 0.341. The molecule has 2 saturated heterocycles. The molecule has 1 atom stereocenters. The van der Waals surface area contributed by atoms with Gasteiger partial charge in [-0.25, -0.2) is 0 Å². The van der Waals surface area contributed by atoms with Gasteiger partial charge in [-0.3, -0.25) is 19.6 Å². The maximum atomic E-state index is 12.7. The molecule has 2 aliphatic heterocycles. The van der Waals surface area contributed by atoms with Gasteiger partial charge in [0.05, 0.1) is 5.92 Å². The molecule has 0 unspecified atom stereocenters. The minimum Gasteiger partial charge on any atom is -0.352 e. The third-order valence-electron chi connectivity index (χ3n) is 6.34. The zero-order chi connectivity index (χ0) is 19.9. The molecule has 5 heteroatoms. The number of benzene rings is 1. The van der Waals surface area contributed by atoms with Crippen molar-refractivity contribution in [2.75, 3.05) is 26.2 Å². The number of likely N-dealkylation sites (tertiary alicyclic amines) is 2. The molecule has 0 saturated carbocycles. The Bertz CT molecular complexity index is 759. The number of hydrogen-bond acceptors (Lipinski definition) is 4. The second-order valence-electron chi connectivity index (χ2n) is 8.41. The molecular weight excluding hydrogens is 360 g/mol. The molecule has 1 aromatic heterocycles. The lowest BCUT2D eigenvalue weighted by Crippen LogP contribution is -2.50. The van der Waals surface area contributed by atoms with Crippen LogP contribution in [0.3, 0.4) is 0 Å². The summed E-state index contributed by atoms with van der Waals surface area (Å²) in [6, 6.07) is 15.0. The van der Waals surface area contributed by atoms with E-state index in [1.165, 1.54) is 18.4 Å². The monoisotopic (exact) mass is 392 g/mol. The third kappa shape index (κ3) is 5.64. The maximum absolute atomic E-state index is 12.7. The quantitative estimate of drug-likeness (QED) is 0.821. The maximum Gasteiger partial charge on any atom is 0.224 e. The van der Waals surface area contributed by atoms with E-state index in [1.54, 1.807) is 0 Å². The summed E-state index contributed by atoms with van der Waals surface area (Å²) in [5, 5.41) is 3.15. The van der Waals surface area contributed by atoms with Crippen LogP contribution >= 0.6 is 0 Å². The van der Waals surface area contributed by atoms with Gasteiger partial charge in [-0.15, -0.1) is 0 Å². The number of nitrogens with one attached hydrogen (secondary N) is 1. The van der Waals surface area contributed by atoms with Gasteiger partial charge in [-0.2, -0.15) is 0 Å². The largest absolute Gasteiger partial charge is 0.352 e. The lowest BCUT2D eigenvalue weighted by Gasteiger charge is -2.42. The van der Waals surface area contributed by atoms with Crippen molar-refractivity contribution in [3.8, 4) is 0 Å². The number of hydrogen-bond donors (Lipinski definition) is 1. The molecule has 2 fully saturated rings. The van der Waals surface area contributed by atoms with E-state index in [0.717, 1.165) is 51.1 Å². The third-order valence-corrected chi connectivity index (χ3v) is 6.34. The average molecular weight is 393 g/mol. The standard InChI is InChI=1S/C24H32N4O/c29-24(26-17-20-6-2-1-3-7-20)22-9-5-13-28(19-22)23-10-14-27(15-11-23)18-21-8-4-12-25-16-21/h1-4,6-8,12,16,22-23H,5,9-11,13-15,17-19H2,(H,26,29)/t22-/m0/s1. The molecule has 0 aliphatic carbocycles. The zero-order valence-electron chi connectivity index (χ0n) is 17.2. The van der Waals surface area contributed by atoms with Crippen LogP contribution in [0.4, 0.5) is 0 Å². The van der Waals surface area contributed by atoms with Crippen molar-refractivity contribution in [2.24, 2.45) is 5.92 Å². The first-order valence-corrected chi connectivity index (χ1v) is 10.9. The summed E-state index contributed by atoms with van der Waals surface area (Å²) in [6.07, 6.45) is 8.32. The molecule has 0 radical (unpaired) electrons. The Morgan fingerprint density at radius 2 is 1.79 bits per heavy atom. The van der Waals surface area contributed by atoms with Gasteiger partial charge in [0.15, 0.2) is 0 Å². The Labute approximate surface area is 174 Å². The van der Waals surface area contributed by atoms with Gasteiger partial charge in [-0.1, -0.05) is 36.4 Å². The Hall–Kier alpha value is -2.24. The number of carbonyl (C=O) groups is 1. The number of rotatable bonds is 6. The summed E-state index contributed by atoms with van der Waals surface area (Å²) < 4.78 is 0. The Morgan fingerprint density at radius 3 is 2.55 bits per heavy atom. The van der Waals surface area contributed by atoms with Crippen LogP contribution in [0.5, 0.6) is 0 Å². The second kappa shape index (κ2) is 9.99. The van der Waals surface area contributed by atoms with Gasteiger partial charge in [0, 0.05) is 38.1 Å². The SMILES string of the molecule is O=C(NCc1ccccc1)[C@H]1CCCN(C2CCN(Cc3cccnc3)CC2)C1.